The molecule has 5 rings (SSSR count). The predicted molar refractivity (Wildman–Crippen MR) is 174 cm³/mol. The first kappa shape index (κ1) is 31.8. The van der Waals surface area contributed by atoms with Crippen molar-refractivity contribution in [3.05, 3.63) is 41.5 Å². The molecule has 2 saturated carbocycles. The lowest BCUT2D eigenvalue weighted by Crippen LogP contribution is -2.29. The molecule has 3 aliphatic rings. The van der Waals surface area contributed by atoms with Crippen molar-refractivity contribution in [1.82, 2.24) is 4.90 Å². The van der Waals surface area contributed by atoms with Gasteiger partial charge in [-0.2, -0.15) is 5.26 Å². The molecular formula is C38H54N2O3. The van der Waals surface area contributed by atoms with Crippen LogP contribution in [0, 0.1) is 35.0 Å². The molecule has 0 amide bonds. The number of nitriles is 1. The summed E-state index contributed by atoms with van der Waals surface area (Å²) in [5.41, 5.74) is 1.93. The maximum atomic E-state index is 12.1. The third kappa shape index (κ3) is 8.53. The molecule has 1 heterocycles. The molecule has 0 aromatic heterocycles. The summed E-state index contributed by atoms with van der Waals surface area (Å²) in [5, 5.41) is 22.1. The lowest BCUT2D eigenvalue weighted by molar-refractivity contribution is -0.142. The van der Waals surface area contributed by atoms with Gasteiger partial charge in [0.2, 0.25) is 0 Å². The van der Waals surface area contributed by atoms with Crippen molar-refractivity contribution in [2.45, 2.75) is 129 Å². The Kier molecular flexibility index (Phi) is 11.4. The Labute approximate surface area is 260 Å². The number of rotatable bonds is 5. The summed E-state index contributed by atoms with van der Waals surface area (Å²) in [7, 11) is 0. The Morgan fingerprint density at radius 3 is 2.37 bits per heavy atom. The van der Waals surface area contributed by atoms with Crippen LogP contribution in [0.3, 0.4) is 0 Å². The number of nitrogens with zero attached hydrogens (tertiary/aromatic N) is 2. The van der Waals surface area contributed by atoms with Gasteiger partial charge in [-0.3, -0.25) is 9.69 Å². The summed E-state index contributed by atoms with van der Waals surface area (Å²) in [4.78, 5) is 14.7. The zero-order valence-electron chi connectivity index (χ0n) is 26.7. The average molecular weight is 587 g/mol. The monoisotopic (exact) mass is 586 g/mol. The van der Waals surface area contributed by atoms with E-state index in [1.165, 1.54) is 69.8 Å². The molecule has 0 radical (unpaired) electrons. The number of carbonyl (C=O) groups is 1. The molecule has 1 N–H and O–H groups in total. The number of fused-ring (bicyclic) bond motifs is 3. The van der Waals surface area contributed by atoms with Crippen LogP contribution < -0.4 is 4.74 Å². The number of ether oxygens (including phenoxy) is 1. The molecule has 1 saturated heterocycles. The normalized spacial score (nSPS) is 29.1. The topological polar surface area (TPSA) is 73.6 Å². The molecule has 3 fully saturated rings. The van der Waals surface area contributed by atoms with Crippen LogP contribution in [-0.4, -0.2) is 35.2 Å². The molecule has 2 aromatic carbocycles. The number of hydrogen-bond donors (Lipinski definition) is 1. The van der Waals surface area contributed by atoms with Crippen LogP contribution in [0.5, 0.6) is 5.75 Å². The molecule has 0 spiro atoms. The van der Waals surface area contributed by atoms with Crippen LogP contribution in [0.25, 0.3) is 10.8 Å². The molecule has 1 aliphatic heterocycles. The van der Waals surface area contributed by atoms with Crippen LogP contribution in [0.4, 0.5) is 0 Å². The van der Waals surface area contributed by atoms with Gasteiger partial charge in [0.25, 0.3) is 0 Å². The van der Waals surface area contributed by atoms with Gasteiger partial charge in [0.1, 0.15) is 17.4 Å². The molecule has 234 valence electrons. The first-order valence-corrected chi connectivity index (χ1v) is 17.5. The fourth-order valence-corrected chi connectivity index (χ4v) is 8.24. The van der Waals surface area contributed by atoms with Crippen LogP contribution in [0.1, 0.15) is 134 Å². The maximum absolute atomic E-state index is 12.1. The Balaban J connectivity index is 1.27. The minimum absolute atomic E-state index is 0.187. The van der Waals surface area contributed by atoms with Crippen molar-refractivity contribution >= 4 is 16.7 Å². The molecule has 5 nitrogen and oxygen atoms in total. The minimum atomic E-state index is -0.593. The quantitative estimate of drug-likeness (QED) is 0.377. The van der Waals surface area contributed by atoms with Crippen molar-refractivity contribution < 1.29 is 14.6 Å². The minimum Gasteiger partial charge on any atom is -0.489 e. The lowest BCUT2D eigenvalue weighted by Gasteiger charge is -2.30. The summed E-state index contributed by atoms with van der Waals surface area (Å²) in [6.07, 6.45) is 18.6. The highest BCUT2D eigenvalue weighted by Crippen LogP contribution is 2.39. The van der Waals surface area contributed by atoms with Crippen LogP contribution in [0.15, 0.2) is 30.3 Å². The number of benzene rings is 2. The van der Waals surface area contributed by atoms with Gasteiger partial charge in [-0.25, -0.2) is 0 Å². The molecule has 2 bridgehead atoms. The average Bonchev–Trinajstić information content (AvgIpc) is 3.46. The van der Waals surface area contributed by atoms with Crippen LogP contribution in [0.2, 0.25) is 0 Å². The number of aliphatic carboxylic acids is 1. The highest BCUT2D eigenvalue weighted by molar-refractivity contribution is 5.90. The van der Waals surface area contributed by atoms with Crippen molar-refractivity contribution in [2.75, 3.05) is 13.1 Å². The zero-order chi connectivity index (χ0) is 30.2. The van der Waals surface area contributed by atoms with E-state index < -0.39 is 5.97 Å². The molecule has 43 heavy (non-hydrogen) atoms. The van der Waals surface area contributed by atoms with Crippen LogP contribution in [-0.2, 0) is 4.79 Å². The van der Waals surface area contributed by atoms with E-state index in [-0.39, 0.29) is 18.1 Å². The van der Waals surface area contributed by atoms with Gasteiger partial charge >= 0.3 is 5.97 Å². The second kappa shape index (κ2) is 15.4. The van der Waals surface area contributed by atoms with E-state index in [9.17, 15) is 15.2 Å². The largest absolute Gasteiger partial charge is 0.489 e. The number of carboxylic acids is 1. The second-order valence-electron chi connectivity index (χ2n) is 14.3. The fourth-order valence-electron chi connectivity index (χ4n) is 8.24. The standard InChI is InChI=1S/C38H54N2O3/c1-27-11-17-34(18-12-27)43-37-20-16-32-25-31(15-19-35(32)36(37)26-39)28(2)40-21-7-4-3-5-9-29-13-14-30(23-29)24-33(38(41)42)10-6-8-22-40/h15-16,19-20,25,27-30,33-34H,3-14,17-18,21-24H2,1-2H3,(H,41,42). The van der Waals surface area contributed by atoms with Gasteiger partial charge in [-0.05, 0) is 119 Å². The molecule has 2 aliphatic carbocycles. The van der Waals surface area contributed by atoms with Gasteiger partial charge < -0.3 is 9.84 Å². The Hall–Kier alpha value is -2.58. The summed E-state index contributed by atoms with van der Waals surface area (Å²) in [6.45, 7) is 6.69. The third-order valence-electron chi connectivity index (χ3n) is 11.1. The van der Waals surface area contributed by atoms with Crippen molar-refractivity contribution in [1.29, 1.82) is 5.26 Å². The maximum Gasteiger partial charge on any atom is 0.306 e. The van der Waals surface area contributed by atoms with E-state index in [1.54, 1.807) is 0 Å². The van der Waals surface area contributed by atoms with Gasteiger partial charge in [0.05, 0.1) is 12.0 Å². The highest BCUT2D eigenvalue weighted by Gasteiger charge is 2.29. The van der Waals surface area contributed by atoms with Crippen molar-refractivity contribution in [3.63, 3.8) is 0 Å². The Bertz CT molecular complexity index is 1240. The van der Waals surface area contributed by atoms with Gasteiger partial charge in [-0.1, -0.05) is 70.1 Å². The summed E-state index contributed by atoms with van der Waals surface area (Å²) in [6, 6.07) is 13.4. The predicted octanol–water partition coefficient (Wildman–Crippen LogP) is 9.67. The summed E-state index contributed by atoms with van der Waals surface area (Å²) < 4.78 is 6.37. The molecule has 4 atom stereocenters. The number of carboxylic acid groups (broad SMARTS) is 1. The van der Waals surface area contributed by atoms with Gasteiger partial charge in [-0.15, -0.1) is 0 Å². The van der Waals surface area contributed by atoms with E-state index in [0.29, 0.717) is 11.5 Å². The second-order valence-corrected chi connectivity index (χ2v) is 14.3. The summed E-state index contributed by atoms with van der Waals surface area (Å²) >= 11 is 0. The van der Waals surface area contributed by atoms with Crippen molar-refractivity contribution in [2.24, 2.45) is 23.7 Å². The highest BCUT2D eigenvalue weighted by atomic mass is 16.5. The van der Waals surface area contributed by atoms with Gasteiger partial charge in [0.15, 0.2) is 0 Å². The first-order valence-electron chi connectivity index (χ1n) is 17.5. The SMILES string of the molecule is CC1CCC(Oc2ccc3cc(C(C)N4CCCCCCC5CCC(C5)CC(C(=O)O)CCCC4)ccc3c2C#N)CC1. The number of hydrogen-bond acceptors (Lipinski definition) is 4. The molecule has 2 aromatic rings. The van der Waals surface area contributed by atoms with Gasteiger partial charge in [0, 0.05) is 11.4 Å². The lowest BCUT2D eigenvalue weighted by atomic mass is 9.88. The molecular weight excluding hydrogens is 532 g/mol. The summed E-state index contributed by atoms with van der Waals surface area (Å²) in [5.74, 6) is 2.14. The fraction of sp³-hybridized carbons (Fsp3) is 0.684. The first-order chi connectivity index (χ1) is 20.9. The van der Waals surface area contributed by atoms with E-state index in [1.807, 2.05) is 6.07 Å². The molecule has 5 heteroatoms. The Morgan fingerprint density at radius 2 is 1.60 bits per heavy atom. The van der Waals surface area contributed by atoms with E-state index >= 15 is 0 Å². The smallest absolute Gasteiger partial charge is 0.306 e. The Morgan fingerprint density at radius 1 is 0.884 bits per heavy atom. The molecule has 4 unspecified atom stereocenters. The van der Waals surface area contributed by atoms with Crippen LogP contribution >= 0.6 is 0 Å². The van der Waals surface area contributed by atoms with E-state index in [0.717, 1.165) is 80.0 Å². The zero-order valence-corrected chi connectivity index (χ0v) is 26.7. The van der Waals surface area contributed by atoms with E-state index in [4.69, 9.17) is 4.74 Å². The van der Waals surface area contributed by atoms with Crippen molar-refractivity contribution in [3.8, 4) is 11.8 Å². The van der Waals surface area contributed by atoms with E-state index in [2.05, 4.69) is 49.1 Å². The third-order valence-corrected chi connectivity index (χ3v) is 11.1.